The maximum absolute atomic E-state index is 2.69. The molecular weight excluding hydrogens is 824 g/mol. The van der Waals surface area contributed by atoms with Gasteiger partial charge in [-0.2, -0.15) is 0 Å². The van der Waals surface area contributed by atoms with Gasteiger partial charge in [0.2, 0.25) is 0 Å². The summed E-state index contributed by atoms with van der Waals surface area (Å²) in [6.45, 7) is 9.18. The molecule has 0 aliphatic carbocycles. The van der Waals surface area contributed by atoms with E-state index in [1.807, 2.05) is 22.7 Å². The zero-order valence-corrected chi connectivity index (χ0v) is 38.8. The Morgan fingerprint density at radius 1 is 0.385 bits per heavy atom. The molecule has 11 aromatic rings. The molecule has 312 valence electrons. The predicted octanol–water partition coefficient (Wildman–Crippen LogP) is 15.6. The average molecular weight is 871 g/mol. The largest absolute Gasteiger partial charge is 0.310 e. The summed E-state index contributed by atoms with van der Waals surface area (Å²) in [5.41, 5.74) is 17.0. The van der Waals surface area contributed by atoms with Crippen LogP contribution in [0.25, 0.3) is 63.6 Å². The Kier molecular flexibility index (Phi) is 8.92. The third kappa shape index (κ3) is 5.65. The maximum atomic E-state index is 2.69. The van der Waals surface area contributed by atoms with E-state index in [0.29, 0.717) is 0 Å². The molecule has 0 radical (unpaired) electrons. The number of thiophene rings is 2. The Labute approximate surface area is 389 Å². The minimum atomic E-state index is 0.0878. The van der Waals surface area contributed by atoms with E-state index in [1.165, 1.54) is 135 Å². The molecule has 2 aromatic heterocycles. The first-order valence-electron chi connectivity index (χ1n) is 23.4. The summed E-state index contributed by atoms with van der Waals surface area (Å²) in [4.78, 5) is 5.29. The Hall–Kier alpha value is -6.66. The number of rotatable bonds is 7. The topological polar surface area (TPSA) is 6.48 Å². The van der Waals surface area contributed by atoms with E-state index in [9.17, 15) is 0 Å². The maximum Gasteiger partial charge on any atom is 0.277 e. The van der Waals surface area contributed by atoms with E-state index in [0.717, 1.165) is 25.7 Å². The highest BCUT2D eigenvalue weighted by molar-refractivity contribution is 7.40. The number of fused-ring (bicyclic) bond motifs is 14. The van der Waals surface area contributed by atoms with Gasteiger partial charge in [-0.1, -0.05) is 131 Å². The van der Waals surface area contributed by atoms with E-state index in [1.54, 1.807) is 0 Å². The first-order chi connectivity index (χ1) is 32.1. The lowest BCUT2D eigenvalue weighted by Gasteiger charge is -2.42. The molecule has 0 saturated heterocycles. The van der Waals surface area contributed by atoms with Crippen molar-refractivity contribution in [3.63, 3.8) is 0 Å². The van der Waals surface area contributed by atoms with Crippen LogP contribution < -0.4 is 24.8 Å². The van der Waals surface area contributed by atoms with E-state index in [-0.39, 0.29) is 6.71 Å². The number of nitrogens with zero attached hydrogens (tertiary/aromatic N) is 2. The van der Waals surface area contributed by atoms with Gasteiger partial charge >= 0.3 is 0 Å². The Bertz CT molecular complexity index is 3700. The second-order valence-corrected chi connectivity index (χ2v) is 20.0. The minimum absolute atomic E-state index is 0.0878. The first-order valence-corrected chi connectivity index (χ1v) is 25.1. The monoisotopic (exact) mass is 870 g/mol. The van der Waals surface area contributed by atoms with Crippen LogP contribution in [0.15, 0.2) is 164 Å². The molecule has 2 aliphatic rings. The van der Waals surface area contributed by atoms with Crippen molar-refractivity contribution in [2.45, 2.75) is 53.4 Å². The van der Waals surface area contributed by atoms with Gasteiger partial charge in [0.1, 0.15) is 0 Å². The van der Waals surface area contributed by atoms with Gasteiger partial charge in [0.15, 0.2) is 0 Å². The van der Waals surface area contributed by atoms with Gasteiger partial charge in [-0.3, -0.25) is 0 Å². The van der Waals surface area contributed by atoms with Crippen LogP contribution in [-0.4, -0.2) is 6.71 Å². The smallest absolute Gasteiger partial charge is 0.277 e. The lowest BCUT2D eigenvalue weighted by atomic mass is 9.39. The molecule has 0 fully saturated rings. The highest BCUT2D eigenvalue weighted by Gasteiger charge is 2.47. The van der Waals surface area contributed by atoms with Gasteiger partial charge in [0, 0.05) is 52.4 Å². The van der Waals surface area contributed by atoms with Crippen molar-refractivity contribution < 1.29 is 0 Å². The lowest BCUT2D eigenvalue weighted by molar-refractivity contribution is 1.14. The summed E-state index contributed by atoms with van der Waals surface area (Å²) in [6, 6.07) is 63.2. The number of anilines is 6. The predicted molar refractivity (Wildman–Crippen MR) is 287 cm³/mol. The van der Waals surface area contributed by atoms with E-state index < -0.39 is 0 Å². The van der Waals surface area contributed by atoms with Crippen molar-refractivity contribution in [3.8, 4) is 11.1 Å². The SMILES string of the molecule is CCc1ccc(N2c3cccc4c3B(c3sc5ccc(CC)cc5c32)c2sc3ccc(CC)cc3c2N4c2ccc(CC)cc2-c2cccc3c4ccccc4c4ccccc4c23)cc1. The zero-order valence-electron chi connectivity index (χ0n) is 37.2. The molecule has 2 aliphatic heterocycles. The quantitative estimate of drug-likeness (QED) is 0.116. The molecule has 0 unspecified atom stereocenters. The summed E-state index contributed by atoms with van der Waals surface area (Å²) >= 11 is 4.00. The lowest BCUT2D eigenvalue weighted by Crippen LogP contribution is -2.59. The first kappa shape index (κ1) is 38.8. The van der Waals surface area contributed by atoms with Gasteiger partial charge in [0.25, 0.3) is 6.71 Å². The van der Waals surface area contributed by atoms with E-state index in [2.05, 4.69) is 201 Å². The average Bonchev–Trinajstić information content (AvgIpc) is 3.94. The molecule has 5 heteroatoms. The summed E-state index contributed by atoms with van der Waals surface area (Å²) in [7, 11) is 0. The van der Waals surface area contributed by atoms with Gasteiger partial charge in [-0.05, 0) is 152 Å². The molecule has 4 heterocycles. The fourth-order valence-corrected chi connectivity index (χ4v) is 13.9. The van der Waals surface area contributed by atoms with Crippen LogP contribution in [0, 0.1) is 0 Å². The molecule has 0 bridgehead atoms. The number of hydrogen-bond acceptors (Lipinski definition) is 4. The molecule has 13 rings (SSSR count). The van der Waals surface area contributed by atoms with Crippen LogP contribution in [0.1, 0.15) is 49.9 Å². The van der Waals surface area contributed by atoms with Crippen LogP contribution in [0.5, 0.6) is 0 Å². The second kappa shape index (κ2) is 15.0. The van der Waals surface area contributed by atoms with Crippen molar-refractivity contribution in [2.24, 2.45) is 0 Å². The normalized spacial score (nSPS) is 13.1. The highest BCUT2D eigenvalue weighted by Crippen LogP contribution is 2.53. The van der Waals surface area contributed by atoms with E-state index >= 15 is 0 Å². The molecule has 0 atom stereocenters. The summed E-state index contributed by atoms with van der Waals surface area (Å²) in [5, 5.41) is 10.5. The van der Waals surface area contributed by atoms with Crippen molar-refractivity contribution >= 4 is 131 Å². The van der Waals surface area contributed by atoms with Crippen molar-refractivity contribution in [1.29, 1.82) is 0 Å². The minimum Gasteiger partial charge on any atom is -0.310 e. The summed E-state index contributed by atoms with van der Waals surface area (Å²) in [5.74, 6) is 0. The Morgan fingerprint density at radius 3 is 1.46 bits per heavy atom. The van der Waals surface area contributed by atoms with Crippen LogP contribution in [0.4, 0.5) is 34.1 Å². The van der Waals surface area contributed by atoms with Gasteiger partial charge in [-0.25, -0.2) is 0 Å². The highest BCUT2D eigenvalue weighted by atomic mass is 32.1. The van der Waals surface area contributed by atoms with Crippen LogP contribution in [-0.2, 0) is 25.7 Å². The summed E-state index contributed by atoms with van der Waals surface area (Å²) in [6.07, 6.45) is 3.97. The molecule has 0 spiro atoms. The molecule has 0 saturated carbocycles. The van der Waals surface area contributed by atoms with Gasteiger partial charge < -0.3 is 9.80 Å². The third-order valence-electron chi connectivity index (χ3n) is 14.5. The standard InChI is InChI=1S/C60H47BN2S2/c1-5-36-23-28-40(29-24-36)62-51-21-14-22-52-56(51)61(59-57(62)48-34-38(7-3)26-31-53(48)64-59)60-58(49-35-39(8-4)27-32-54(49)65-60)63(52)50-30-25-37(6-2)33-47(50)46-20-13-19-45-43-16-10-9-15-41(43)42-17-11-12-18-44(42)55(45)46/h9-35H,5-8H2,1-4H3. The van der Waals surface area contributed by atoms with Crippen molar-refractivity contribution in [3.05, 3.63) is 186 Å². The van der Waals surface area contributed by atoms with Gasteiger partial charge in [0.05, 0.1) is 17.1 Å². The van der Waals surface area contributed by atoms with Crippen molar-refractivity contribution in [1.82, 2.24) is 0 Å². The third-order valence-corrected chi connectivity index (χ3v) is 16.9. The number of benzene rings is 9. The summed E-state index contributed by atoms with van der Waals surface area (Å²) < 4.78 is 5.56. The molecule has 65 heavy (non-hydrogen) atoms. The fourth-order valence-electron chi connectivity index (χ4n) is 11.2. The fraction of sp³-hybridized carbons (Fsp3) is 0.133. The molecular formula is C60H47BN2S2. The van der Waals surface area contributed by atoms with Gasteiger partial charge in [-0.15, -0.1) is 22.7 Å². The Balaban J connectivity index is 1.15. The molecule has 2 nitrogen and oxygen atoms in total. The molecule has 0 N–H and O–H groups in total. The van der Waals surface area contributed by atoms with E-state index in [4.69, 9.17) is 0 Å². The zero-order chi connectivity index (χ0) is 43.5. The van der Waals surface area contributed by atoms with Crippen LogP contribution >= 0.6 is 22.7 Å². The number of aryl methyl sites for hydroxylation is 4. The van der Waals surface area contributed by atoms with Crippen LogP contribution in [0.3, 0.4) is 0 Å². The van der Waals surface area contributed by atoms with Crippen molar-refractivity contribution in [2.75, 3.05) is 9.80 Å². The molecule has 9 aromatic carbocycles. The Morgan fingerprint density at radius 2 is 0.862 bits per heavy atom. The van der Waals surface area contributed by atoms with Crippen LogP contribution in [0.2, 0.25) is 0 Å². The number of hydrogen-bond donors (Lipinski definition) is 0. The molecule has 0 amide bonds. The second-order valence-electron chi connectivity index (χ2n) is 17.9.